The molecule has 3 N–H and O–H groups in total. The lowest BCUT2D eigenvalue weighted by Gasteiger charge is -2.07. The van der Waals surface area contributed by atoms with Crippen LogP contribution in [-0.4, -0.2) is 18.0 Å². The van der Waals surface area contributed by atoms with Gasteiger partial charge in [0, 0.05) is 35.5 Å². The smallest absolute Gasteiger partial charge is 0.257 e. The van der Waals surface area contributed by atoms with E-state index >= 15 is 0 Å². The molecule has 0 saturated carbocycles. The van der Waals surface area contributed by atoms with Crippen LogP contribution in [-0.2, 0) is 11.3 Å². The van der Waals surface area contributed by atoms with Gasteiger partial charge in [-0.3, -0.25) is 10.1 Å². The van der Waals surface area contributed by atoms with E-state index in [0.717, 1.165) is 5.56 Å². The van der Waals surface area contributed by atoms with Gasteiger partial charge in [-0.1, -0.05) is 0 Å². The molecule has 1 amide bonds. The number of hydrogen-bond donors (Lipinski definition) is 2. The van der Waals surface area contributed by atoms with Gasteiger partial charge in [-0.2, -0.15) is 0 Å². The van der Waals surface area contributed by atoms with Crippen LogP contribution in [0.5, 0.6) is 0 Å². The maximum absolute atomic E-state index is 12.0. The average molecular weight is 263 g/mol. The third-order valence-corrected chi connectivity index (χ3v) is 3.05. The van der Waals surface area contributed by atoms with Crippen LogP contribution in [0.3, 0.4) is 0 Å². The summed E-state index contributed by atoms with van der Waals surface area (Å²) < 4.78 is 5.03. The zero-order valence-corrected chi connectivity index (χ0v) is 10.7. The minimum absolute atomic E-state index is 0.206. The predicted molar refractivity (Wildman–Crippen MR) is 71.6 cm³/mol. The van der Waals surface area contributed by atoms with Crippen molar-refractivity contribution in [1.82, 2.24) is 4.98 Å². The van der Waals surface area contributed by atoms with Crippen LogP contribution >= 0.6 is 11.3 Å². The molecule has 2 rings (SSSR count). The minimum atomic E-state index is -0.206. The monoisotopic (exact) mass is 263 g/mol. The Bertz CT molecular complexity index is 540. The first-order valence-electron chi connectivity index (χ1n) is 5.29. The van der Waals surface area contributed by atoms with Crippen molar-refractivity contribution < 1.29 is 9.53 Å². The molecule has 0 spiro atoms. The highest BCUT2D eigenvalue weighted by atomic mass is 32.1. The number of nitrogens with zero attached hydrogens (tertiary/aromatic N) is 1. The van der Waals surface area contributed by atoms with E-state index in [4.69, 9.17) is 10.5 Å². The number of carbonyl (C=O) groups excluding carboxylic acids is 1. The number of methoxy groups -OCH3 is 1. The highest BCUT2D eigenvalue weighted by Crippen LogP contribution is 2.17. The number of amides is 1. The molecule has 0 aliphatic rings. The van der Waals surface area contributed by atoms with Crippen molar-refractivity contribution >= 4 is 28.1 Å². The van der Waals surface area contributed by atoms with Crippen molar-refractivity contribution in [1.29, 1.82) is 0 Å². The summed E-state index contributed by atoms with van der Waals surface area (Å²) in [4.78, 5) is 15.9. The van der Waals surface area contributed by atoms with Crippen molar-refractivity contribution in [2.24, 2.45) is 0 Å². The largest absolute Gasteiger partial charge is 0.398 e. The second-order valence-electron chi connectivity index (χ2n) is 3.64. The van der Waals surface area contributed by atoms with E-state index in [2.05, 4.69) is 10.3 Å². The fourth-order valence-corrected chi connectivity index (χ4v) is 2.01. The Kier molecular flexibility index (Phi) is 3.91. The van der Waals surface area contributed by atoms with Crippen molar-refractivity contribution in [2.45, 2.75) is 6.61 Å². The molecular formula is C12H13N3O2S. The number of hydrogen-bond acceptors (Lipinski definition) is 5. The van der Waals surface area contributed by atoms with E-state index < -0.39 is 0 Å². The molecule has 18 heavy (non-hydrogen) atoms. The molecule has 0 saturated heterocycles. The number of thiazole rings is 1. The van der Waals surface area contributed by atoms with Gasteiger partial charge in [-0.05, 0) is 18.2 Å². The number of aromatic nitrogens is 1. The van der Waals surface area contributed by atoms with Crippen LogP contribution in [0.25, 0.3) is 0 Å². The Morgan fingerprint density at radius 3 is 3.06 bits per heavy atom. The quantitative estimate of drug-likeness (QED) is 0.828. The van der Waals surface area contributed by atoms with Crippen LogP contribution in [0.4, 0.5) is 10.8 Å². The minimum Gasteiger partial charge on any atom is -0.398 e. The van der Waals surface area contributed by atoms with Gasteiger partial charge < -0.3 is 10.5 Å². The van der Waals surface area contributed by atoms with E-state index in [9.17, 15) is 4.79 Å². The van der Waals surface area contributed by atoms with Gasteiger partial charge in [0.2, 0.25) is 0 Å². The normalized spacial score (nSPS) is 10.3. The Balaban J connectivity index is 2.17. The fourth-order valence-electron chi connectivity index (χ4n) is 1.48. The Morgan fingerprint density at radius 1 is 1.56 bits per heavy atom. The molecule has 0 fully saturated rings. The lowest BCUT2D eigenvalue weighted by atomic mass is 10.1. The molecule has 0 aliphatic carbocycles. The van der Waals surface area contributed by atoms with Crippen molar-refractivity contribution in [3.8, 4) is 0 Å². The van der Waals surface area contributed by atoms with E-state index in [1.54, 1.807) is 36.9 Å². The number of anilines is 2. The summed E-state index contributed by atoms with van der Waals surface area (Å²) >= 11 is 1.37. The molecule has 0 radical (unpaired) electrons. The molecule has 94 valence electrons. The lowest BCUT2D eigenvalue weighted by Crippen LogP contribution is -2.12. The molecule has 1 aromatic heterocycles. The van der Waals surface area contributed by atoms with Crippen molar-refractivity contribution in [3.63, 3.8) is 0 Å². The summed E-state index contributed by atoms with van der Waals surface area (Å²) in [6.07, 6.45) is 1.64. The zero-order chi connectivity index (χ0) is 13.0. The first-order valence-corrected chi connectivity index (χ1v) is 6.17. The van der Waals surface area contributed by atoms with Crippen LogP contribution < -0.4 is 11.1 Å². The second kappa shape index (κ2) is 5.61. The summed E-state index contributed by atoms with van der Waals surface area (Å²) in [5.74, 6) is -0.206. The summed E-state index contributed by atoms with van der Waals surface area (Å²) in [6.45, 7) is 0.379. The molecule has 1 aromatic carbocycles. The molecule has 0 unspecified atom stereocenters. The molecule has 0 aliphatic heterocycles. The molecule has 6 heteroatoms. The SMILES string of the molecule is COCc1cc(C(=O)Nc2nccs2)ccc1N. The van der Waals surface area contributed by atoms with Crippen LogP contribution in [0.15, 0.2) is 29.8 Å². The van der Waals surface area contributed by atoms with Crippen LogP contribution in [0.1, 0.15) is 15.9 Å². The number of ether oxygens (including phenoxy) is 1. The summed E-state index contributed by atoms with van der Waals surface area (Å²) in [5, 5.41) is 5.09. The van der Waals surface area contributed by atoms with Gasteiger partial charge >= 0.3 is 0 Å². The van der Waals surface area contributed by atoms with E-state index in [0.29, 0.717) is 23.0 Å². The van der Waals surface area contributed by atoms with E-state index in [1.807, 2.05) is 0 Å². The van der Waals surface area contributed by atoms with Gasteiger partial charge in [0.1, 0.15) is 0 Å². The first kappa shape index (κ1) is 12.5. The number of nitrogen functional groups attached to an aromatic ring is 1. The summed E-state index contributed by atoms with van der Waals surface area (Å²) in [5.41, 5.74) is 7.73. The van der Waals surface area contributed by atoms with Gasteiger partial charge in [-0.25, -0.2) is 4.98 Å². The van der Waals surface area contributed by atoms with E-state index in [1.165, 1.54) is 11.3 Å². The zero-order valence-electron chi connectivity index (χ0n) is 9.84. The van der Waals surface area contributed by atoms with Gasteiger partial charge in [0.05, 0.1) is 6.61 Å². The number of nitrogens with one attached hydrogen (secondary N) is 1. The van der Waals surface area contributed by atoms with Gasteiger partial charge in [0.25, 0.3) is 5.91 Å². The van der Waals surface area contributed by atoms with Crippen molar-refractivity contribution in [3.05, 3.63) is 40.9 Å². The predicted octanol–water partition coefficient (Wildman–Crippen LogP) is 2.12. The molecule has 5 nitrogen and oxygen atoms in total. The molecule has 1 heterocycles. The Hall–Kier alpha value is -1.92. The fraction of sp³-hybridized carbons (Fsp3) is 0.167. The second-order valence-corrected chi connectivity index (χ2v) is 4.53. The molecule has 0 bridgehead atoms. The summed E-state index contributed by atoms with van der Waals surface area (Å²) in [7, 11) is 1.59. The highest BCUT2D eigenvalue weighted by Gasteiger charge is 2.09. The van der Waals surface area contributed by atoms with Crippen molar-refractivity contribution in [2.75, 3.05) is 18.2 Å². The molecule has 0 atom stereocenters. The topological polar surface area (TPSA) is 77.2 Å². The average Bonchev–Trinajstić information content (AvgIpc) is 2.85. The van der Waals surface area contributed by atoms with Crippen LogP contribution in [0, 0.1) is 0 Å². The third-order valence-electron chi connectivity index (χ3n) is 2.36. The highest BCUT2D eigenvalue weighted by molar-refractivity contribution is 7.13. The summed E-state index contributed by atoms with van der Waals surface area (Å²) in [6, 6.07) is 5.10. The Morgan fingerprint density at radius 2 is 2.39 bits per heavy atom. The lowest BCUT2D eigenvalue weighted by molar-refractivity contribution is 0.102. The first-order chi connectivity index (χ1) is 8.70. The van der Waals surface area contributed by atoms with E-state index in [-0.39, 0.29) is 5.91 Å². The Labute approximate surface area is 109 Å². The number of rotatable bonds is 4. The van der Waals surface area contributed by atoms with Gasteiger partial charge in [-0.15, -0.1) is 11.3 Å². The molecular weight excluding hydrogens is 250 g/mol. The molecule has 2 aromatic rings. The number of benzene rings is 1. The number of nitrogens with two attached hydrogens (primary N) is 1. The maximum atomic E-state index is 12.0. The van der Waals surface area contributed by atoms with Gasteiger partial charge in [0.15, 0.2) is 5.13 Å². The maximum Gasteiger partial charge on any atom is 0.257 e. The third kappa shape index (κ3) is 2.85. The number of carbonyl (C=O) groups is 1. The van der Waals surface area contributed by atoms with Crippen LogP contribution in [0.2, 0.25) is 0 Å². The standard InChI is InChI=1S/C12H13N3O2S/c1-17-7-9-6-8(2-3-10(9)13)11(16)15-12-14-4-5-18-12/h2-6H,7,13H2,1H3,(H,14,15,16).